The van der Waals surface area contributed by atoms with Crippen LogP contribution in [0.4, 0.5) is 10.1 Å². The fourth-order valence-corrected chi connectivity index (χ4v) is 1.67. The van der Waals surface area contributed by atoms with Gasteiger partial charge in [-0.1, -0.05) is 26.2 Å². The van der Waals surface area contributed by atoms with Gasteiger partial charge in [-0.3, -0.25) is 0 Å². The van der Waals surface area contributed by atoms with Gasteiger partial charge < -0.3 is 10.1 Å². The topological polar surface area (TPSA) is 21.3 Å². The van der Waals surface area contributed by atoms with Gasteiger partial charge in [-0.25, -0.2) is 4.39 Å². The van der Waals surface area contributed by atoms with Gasteiger partial charge in [0.05, 0.1) is 6.61 Å². The first-order valence-electron chi connectivity index (χ1n) is 6.44. The second-order valence-electron chi connectivity index (χ2n) is 4.07. The van der Waals surface area contributed by atoms with Crippen LogP contribution in [-0.4, -0.2) is 13.2 Å². The summed E-state index contributed by atoms with van der Waals surface area (Å²) in [4.78, 5) is 0. The van der Waals surface area contributed by atoms with Crippen molar-refractivity contribution in [3.63, 3.8) is 0 Å². The fourth-order valence-electron chi connectivity index (χ4n) is 1.67. The van der Waals surface area contributed by atoms with Crippen LogP contribution in [-0.2, 0) is 0 Å². The predicted molar refractivity (Wildman–Crippen MR) is 70.2 cm³/mol. The molecule has 0 radical (unpaired) electrons. The summed E-state index contributed by atoms with van der Waals surface area (Å²) in [7, 11) is 0. The summed E-state index contributed by atoms with van der Waals surface area (Å²) in [5.74, 6) is 0.0226. The van der Waals surface area contributed by atoms with Crippen molar-refractivity contribution in [1.82, 2.24) is 0 Å². The molecule has 0 atom stereocenters. The third kappa shape index (κ3) is 5.07. The molecule has 0 heterocycles. The number of rotatable bonds is 8. The summed E-state index contributed by atoms with van der Waals surface area (Å²) in [5.41, 5.74) is 0.822. The monoisotopic (exact) mass is 239 g/mol. The SMILES string of the molecule is CCCCCCNc1ccc(OCC)c(F)c1. The smallest absolute Gasteiger partial charge is 0.167 e. The fraction of sp³-hybridized carbons (Fsp3) is 0.571. The Morgan fingerprint density at radius 2 is 2.00 bits per heavy atom. The Morgan fingerprint density at radius 3 is 2.65 bits per heavy atom. The lowest BCUT2D eigenvalue weighted by Gasteiger charge is -2.09. The van der Waals surface area contributed by atoms with Gasteiger partial charge in [0, 0.05) is 18.3 Å². The molecule has 2 nitrogen and oxygen atoms in total. The van der Waals surface area contributed by atoms with Crippen molar-refractivity contribution >= 4 is 5.69 Å². The van der Waals surface area contributed by atoms with Crippen LogP contribution in [0.3, 0.4) is 0 Å². The van der Waals surface area contributed by atoms with Crippen LogP contribution in [0.5, 0.6) is 5.75 Å². The molecule has 3 heteroatoms. The van der Waals surface area contributed by atoms with E-state index >= 15 is 0 Å². The van der Waals surface area contributed by atoms with E-state index in [9.17, 15) is 4.39 Å². The maximum absolute atomic E-state index is 13.5. The third-order valence-corrected chi connectivity index (χ3v) is 2.59. The molecule has 0 amide bonds. The molecule has 0 bridgehead atoms. The van der Waals surface area contributed by atoms with E-state index in [1.54, 1.807) is 6.07 Å². The number of hydrogen-bond donors (Lipinski definition) is 1. The molecule has 0 fully saturated rings. The Labute approximate surface area is 103 Å². The molecule has 0 aliphatic carbocycles. The van der Waals surface area contributed by atoms with Crippen molar-refractivity contribution in [2.75, 3.05) is 18.5 Å². The van der Waals surface area contributed by atoms with Crippen molar-refractivity contribution in [3.05, 3.63) is 24.0 Å². The lowest BCUT2D eigenvalue weighted by Crippen LogP contribution is -2.02. The van der Waals surface area contributed by atoms with Crippen LogP contribution in [0.25, 0.3) is 0 Å². The molecular formula is C14H22FNO. The van der Waals surface area contributed by atoms with E-state index in [0.29, 0.717) is 12.4 Å². The van der Waals surface area contributed by atoms with Crippen LogP contribution in [0.2, 0.25) is 0 Å². The van der Waals surface area contributed by atoms with Gasteiger partial charge in [-0.15, -0.1) is 0 Å². The minimum atomic E-state index is -0.301. The highest BCUT2D eigenvalue weighted by Crippen LogP contribution is 2.21. The molecule has 1 N–H and O–H groups in total. The Bertz CT molecular complexity index is 328. The van der Waals surface area contributed by atoms with Crippen molar-refractivity contribution in [1.29, 1.82) is 0 Å². The first kappa shape index (κ1) is 13.8. The molecule has 0 aliphatic rings. The lowest BCUT2D eigenvalue weighted by atomic mass is 10.2. The summed E-state index contributed by atoms with van der Waals surface area (Å²) in [6.45, 7) is 5.42. The lowest BCUT2D eigenvalue weighted by molar-refractivity contribution is 0.321. The molecule has 96 valence electrons. The molecular weight excluding hydrogens is 217 g/mol. The van der Waals surface area contributed by atoms with Crippen LogP contribution in [0.1, 0.15) is 39.5 Å². The van der Waals surface area contributed by atoms with E-state index in [-0.39, 0.29) is 5.82 Å². The molecule has 0 unspecified atom stereocenters. The summed E-state index contributed by atoms with van der Waals surface area (Å²) in [6.07, 6.45) is 4.85. The highest BCUT2D eigenvalue weighted by molar-refractivity contribution is 5.47. The number of hydrogen-bond acceptors (Lipinski definition) is 2. The molecule has 0 spiro atoms. The van der Waals surface area contributed by atoms with E-state index in [0.717, 1.165) is 18.7 Å². The minimum absolute atomic E-state index is 0.301. The molecule has 1 rings (SSSR count). The largest absolute Gasteiger partial charge is 0.491 e. The molecule has 0 aromatic heterocycles. The van der Waals surface area contributed by atoms with Gasteiger partial charge in [0.25, 0.3) is 0 Å². The minimum Gasteiger partial charge on any atom is -0.491 e. The standard InChI is InChI=1S/C14H22FNO/c1-3-5-6-7-10-16-12-8-9-14(17-4-2)13(15)11-12/h8-9,11,16H,3-7,10H2,1-2H3. The van der Waals surface area contributed by atoms with Crippen LogP contribution < -0.4 is 10.1 Å². The first-order chi connectivity index (χ1) is 8.27. The van der Waals surface area contributed by atoms with Crippen molar-refractivity contribution in [3.8, 4) is 5.75 Å². The molecule has 0 aliphatic heterocycles. The van der Waals surface area contributed by atoms with E-state index < -0.39 is 0 Å². The molecule has 17 heavy (non-hydrogen) atoms. The highest BCUT2D eigenvalue weighted by atomic mass is 19.1. The van der Waals surface area contributed by atoms with E-state index in [2.05, 4.69) is 12.2 Å². The van der Waals surface area contributed by atoms with Crippen LogP contribution >= 0.6 is 0 Å². The maximum atomic E-state index is 13.5. The molecule has 0 saturated heterocycles. The van der Waals surface area contributed by atoms with Gasteiger partial charge in [-0.2, -0.15) is 0 Å². The van der Waals surface area contributed by atoms with Crippen molar-refractivity contribution in [2.45, 2.75) is 39.5 Å². The number of nitrogens with one attached hydrogen (secondary N) is 1. The molecule has 1 aromatic rings. The number of anilines is 1. The Morgan fingerprint density at radius 1 is 1.18 bits per heavy atom. The van der Waals surface area contributed by atoms with Gasteiger partial charge in [0.1, 0.15) is 0 Å². The van der Waals surface area contributed by atoms with Crippen molar-refractivity contribution < 1.29 is 9.13 Å². The van der Waals surface area contributed by atoms with E-state index in [1.165, 1.54) is 25.3 Å². The van der Waals surface area contributed by atoms with Gasteiger partial charge >= 0.3 is 0 Å². The first-order valence-corrected chi connectivity index (χ1v) is 6.44. The number of unbranched alkanes of at least 4 members (excludes halogenated alkanes) is 3. The Hall–Kier alpha value is -1.25. The zero-order valence-corrected chi connectivity index (χ0v) is 10.8. The molecule has 1 aromatic carbocycles. The summed E-state index contributed by atoms with van der Waals surface area (Å²) >= 11 is 0. The quantitative estimate of drug-likeness (QED) is 0.686. The number of benzene rings is 1. The second kappa shape index (κ2) is 7.93. The predicted octanol–water partition coefficient (Wildman–Crippen LogP) is 4.22. The zero-order chi connectivity index (χ0) is 12.5. The average Bonchev–Trinajstić information content (AvgIpc) is 2.32. The average molecular weight is 239 g/mol. The van der Waals surface area contributed by atoms with Gasteiger partial charge in [-0.05, 0) is 25.5 Å². The summed E-state index contributed by atoms with van der Waals surface area (Å²) < 4.78 is 18.6. The summed E-state index contributed by atoms with van der Waals surface area (Å²) in [5, 5.41) is 3.22. The van der Waals surface area contributed by atoms with E-state index in [4.69, 9.17) is 4.74 Å². The second-order valence-corrected chi connectivity index (χ2v) is 4.07. The van der Waals surface area contributed by atoms with E-state index in [1.807, 2.05) is 13.0 Å². The maximum Gasteiger partial charge on any atom is 0.167 e. The summed E-state index contributed by atoms with van der Waals surface area (Å²) in [6, 6.07) is 5.02. The number of halogens is 1. The third-order valence-electron chi connectivity index (χ3n) is 2.59. The Kier molecular flexibility index (Phi) is 6.45. The van der Waals surface area contributed by atoms with Gasteiger partial charge in [0.2, 0.25) is 0 Å². The van der Waals surface area contributed by atoms with Crippen molar-refractivity contribution in [2.24, 2.45) is 0 Å². The molecule has 0 saturated carbocycles. The van der Waals surface area contributed by atoms with Gasteiger partial charge in [0.15, 0.2) is 11.6 Å². The highest BCUT2D eigenvalue weighted by Gasteiger charge is 2.03. The zero-order valence-electron chi connectivity index (χ0n) is 10.8. The Balaban J connectivity index is 2.36. The van der Waals surface area contributed by atoms with Crippen LogP contribution in [0, 0.1) is 5.82 Å². The number of ether oxygens (including phenoxy) is 1. The normalized spacial score (nSPS) is 10.3. The van der Waals surface area contributed by atoms with Crippen LogP contribution in [0.15, 0.2) is 18.2 Å².